The molecule has 1 amide bonds. The fraction of sp³-hybridized carbons (Fsp3) is 0.360. The van der Waals surface area contributed by atoms with E-state index in [0.717, 1.165) is 11.1 Å². The molecular formula is C25H31N3O5S. The Labute approximate surface area is 201 Å². The molecule has 8 nitrogen and oxygen atoms in total. The molecule has 182 valence electrons. The van der Waals surface area contributed by atoms with Gasteiger partial charge in [-0.05, 0) is 32.0 Å². The summed E-state index contributed by atoms with van der Waals surface area (Å²) in [6.07, 6.45) is 2.10. The van der Waals surface area contributed by atoms with Crippen LogP contribution >= 0.6 is 0 Å². The number of ether oxygens (including phenoxy) is 1. The molecule has 9 heteroatoms. The van der Waals surface area contributed by atoms with Crippen molar-refractivity contribution in [1.82, 2.24) is 9.29 Å². The summed E-state index contributed by atoms with van der Waals surface area (Å²) in [4.78, 5) is 16.8. The van der Waals surface area contributed by atoms with E-state index in [9.17, 15) is 13.2 Å². The minimum atomic E-state index is -3.76. The predicted molar refractivity (Wildman–Crippen MR) is 131 cm³/mol. The summed E-state index contributed by atoms with van der Waals surface area (Å²) in [5.41, 5.74) is 2.46. The lowest BCUT2D eigenvalue weighted by Crippen LogP contribution is -2.31. The van der Waals surface area contributed by atoms with E-state index in [2.05, 4.69) is 10.3 Å². The number of anilines is 1. The molecule has 0 saturated carbocycles. The standard InChI is InChI=1S/C25H31N3O5S/c1-5-28(6-2)34(30,31)23-16-20(12-13-21(23)32-7-3)27-24(29)14-15-25-26-17-22(33-25)19-10-8-18(4)9-11-19/h8-13,16-17H,5-7,14-15H2,1-4H3,(H,27,29). The maximum absolute atomic E-state index is 13.1. The van der Waals surface area contributed by atoms with Crippen molar-refractivity contribution >= 4 is 21.6 Å². The maximum atomic E-state index is 13.1. The molecule has 0 aliphatic heterocycles. The molecule has 0 aliphatic carbocycles. The highest BCUT2D eigenvalue weighted by Crippen LogP contribution is 2.30. The van der Waals surface area contributed by atoms with Crippen molar-refractivity contribution < 1.29 is 22.4 Å². The predicted octanol–water partition coefficient (Wildman–Crippen LogP) is 4.65. The first-order chi connectivity index (χ1) is 16.3. The Morgan fingerprint density at radius 1 is 1.09 bits per heavy atom. The van der Waals surface area contributed by atoms with Gasteiger partial charge in [0.25, 0.3) is 0 Å². The Morgan fingerprint density at radius 3 is 2.44 bits per heavy atom. The fourth-order valence-electron chi connectivity index (χ4n) is 3.49. The zero-order chi connectivity index (χ0) is 24.7. The summed E-state index contributed by atoms with van der Waals surface area (Å²) < 4.78 is 38.8. The second-order valence-electron chi connectivity index (χ2n) is 7.72. The van der Waals surface area contributed by atoms with Crippen LogP contribution in [0.5, 0.6) is 5.75 Å². The van der Waals surface area contributed by atoms with Gasteiger partial charge in [0, 0.05) is 37.2 Å². The molecular weight excluding hydrogens is 454 g/mol. The van der Waals surface area contributed by atoms with E-state index < -0.39 is 10.0 Å². The number of benzene rings is 2. The Balaban J connectivity index is 1.69. The highest BCUT2D eigenvalue weighted by molar-refractivity contribution is 7.89. The number of carbonyl (C=O) groups excluding carboxylic acids is 1. The number of sulfonamides is 1. The number of oxazole rings is 1. The van der Waals surface area contributed by atoms with Crippen molar-refractivity contribution in [3.8, 4) is 17.1 Å². The number of carbonyl (C=O) groups is 1. The number of nitrogens with zero attached hydrogens (tertiary/aromatic N) is 2. The van der Waals surface area contributed by atoms with E-state index in [1.54, 1.807) is 39.1 Å². The van der Waals surface area contributed by atoms with E-state index >= 15 is 0 Å². The molecule has 0 saturated heterocycles. The number of aromatic nitrogens is 1. The molecule has 2 aromatic carbocycles. The summed E-state index contributed by atoms with van der Waals surface area (Å²) in [7, 11) is -3.76. The van der Waals surface area contributed by atoms with Crippen LogP contribution in [-0.2, 0) is 21.2 Å². The van der Waals surface area contributed by atoms with Gasteiger partial charge >= 0.3 is 0 Å². The van der Waals surface area contributed by atoms with Gasteiger partial charge in [-0.25, -0.2) is 13.4 Å². The van der Waals surface area contributed by atoms with Crippen molar-refractivity contribution in [2.45, 2.75) is 45.4 Å². The van der Waals surface area contributed by atoms with Crippen LogP contribution in [0, 0.1) is 6.92 Å². The van der Waals surface area contributed by atoms with Gasteiger partial charge in [-0.2, -0.15) is 4.31 Å². The lowest BCUT2D eigenvalue weighted by molar-refractivity contribution is -0.116. The van der Waals surface area contributed by atoms with E-state index in [-0.39, 0.29) is 23.0 Å². The van der Waals surface area contributed by atoms with Gasteiger partial charge in [-0.3, -0.25) is 4.79 Å². The van der Waals surface area contributed by atoms with E-state index in [1.165, 1.54) is 10.4 Å². The van der Waals surface area contributed by atoms with Crippen LogP contribution in [0.15, 0.2) is 58.0 Å². The van der Waals surface area contributed by atoms with Gasteiger partial charge in [-0.1, -0.05) is 43.7 Å². The first kappa shape index (κ1) is 25.5. The van der Waals surface area contributed by atoms with Crippen LogP contribution in [0.25, 0.3) is 11.3 Å². The average Bonchev–Trinajstić information content (AvgIpc) is 3.29. The fourth-order valence-corrected chi connectivity index (χ4v) is 5.10. The Kier molecular flexibility index (Phi) is 8.46. The van der Waals surface area contributed by atoms with Gasteiger partial charge in [0.05, 0.1) is 12.8 Å². The van der Waals surface area contributed by atoms with Crippen LogP contribution in [0.1, 0.15) is 38.6 Å². The molecule has 0 bridgehead atoms. The molecule has 1 heterocycles. The van der Waals surface area contributed by atoms with Crippen LogP contribution in [0.2, 0.25) is 0 Å². The lowest BCUT2D eigenvalue weighted by Gasteiger charge is -2.21. The number of hydrogen-bond donors (Lipinski definition) is 1. The number of aryl methyl sites for hydroxylation is 2. The van der Waals surface area contributed by atoms with Gasteiger partial charge in [0.15, 0.2) is 11.7 Å². The van der Waals surface area contributed by atoms with Crippen LogP contribution < -0.4 is 10.1 Å². The monoisotopic (exact) mass is 485 g/mol. The zero-order valence-electron chi connectivity index (χ0n) is 20.0. The van der Waals surface area contributed by atoms with Crippen LogP contribution in [0.4, 0.5) is 5.69 Å². The van der Waals surface area contributed by atoms with Crippen molar-refractivity contribution in [2.24, 2.45) is 0 Å². The largest absolute Gasteiger partial charge is 0.492 e. The zero-order valence-corrected chi connectivity index (χ0v) is 20.8. The first-order valence-electron chi connectivity index (χ1n) is 11.4. The Bertz CT molecular complexity index is 1220. The van der Waals surface area contributed by atoms with Gasteiger partial charge in [0.1, 0.15) is 10.6 Å². The number of nitrogens with one attached hydrogen (secondary N) is 1. The molecule has 3 rings (SSSR count). The maximum Gasteiger partial charge on any atom is 0.246 e. The third kappa shape index (κ3) is 6.03. The number of amides is 1. The third-order valence-electron chi connectivity index (χ3n) is 5.31. The molecule has 34 heavy (non-hydrogen) atoms. The SMILES string of the molecule is CCOc1ccc(NC(=O)CCc2ncc(-c3ccc(C)cc3)o2)cc1S(=O)(=O)N(CC)CC. The molecule has 0 fully saturated rings. The summed E-state index contributed by atoms with van der Waals surface area (Å²) in [6.45, 7) is 8.35. The van der Waals surface area contributed by atoms with E-state index in [4.69, 9.17) is 9.15 Å². The van der Waals surface area contributed by atoms with E-state index in [0.29, 0.717) is 43.5 Å². The van der Waals surface area contributed by atoms with Crippen molar-refractivity contribution in [3.05, 3.63) is 60.1 Å². The molecule has 1 aromatic heterocycles. The topological polar surface area (TPSA) is 102 Å². The van der Waals surface area contributed by atoms with E-state index in [1.807, 2.05) is 31.2 Å². The highest BCUT2D eigenvalue weighted by atomic mass is 32.2. The average molecular weight is 486 g/mol. The van der Waals surface area contributed by atoms with Crippen molar-refractivity contribution in [3.63, 3.8) is 0 Å². The van der Waals surface area contributed by atoms with Crippen LogP contribution in [-0.4, -0.2) is 43.3 Å². The Hall–Kier alpha value is -3.17. The highest BCUT2D eigenvalue weighted by Gasteiger charge is 2.26. The first-order valence-corrected chi connectivity index (χ1v) is 12.8. The van der Waals surface area contributed by atoms with Gasteiger partial charge < -0.3 is 14.5 Å². The van der Waals surface area contributed by atoms with Crippen molar-refractivity contribution in [2.75, 3.05) is 25.0 Å². The smallest absolute Gasteiger partial charge is 0.246 e. The second kappa shape index (κ2) is 11.3. The lowest BCUT2D eigenvalue weighted by atomic mass is 10.1. The second-order valence-corrected chi connectivity index (χ2v) is 9.62. The summed E-state index contributed by atoms with van der Waals surface area (Å²) in [5, 5.41) is 2.77. The minimum absolute atomic E-state index is 0.0336. The summed E-state index contributed by atoms with van der Waals surface area (Å²) in [5.74, 6) is 1.09. The Morgan fingerprint density at radius 2 is 1.79 bits per heavy atom. The normalized spacial score (nSPS) is 11.6. The molecule has 0 radical (unpaired) electrons. The van der Waals surface area contributed by atoms with Crippen molar-refractivity contribution in [1.29, 1.82) is 0 Å². The number of hydrogen-bond acceptors (Lipinski definition) is 6. The molecule has 0 atom stereocenters. The summed E-state index contributed by atoms with van der Waals surface area (Å²) >= 11 is 0. The molecule has 3 aromatic rings. The molecule has 0 aliphatic rings. The third-order valence-corrected chi connectivity index (χ3v) is 7.38. The molecule has 0 unspecified atom stereocenters. The van der Waals surface area contributed by atoms with Gasteiger partial charge in [0.2, 0.25) is 15.9 Å². The van der Waals surface area contributed by atoms with Gasteiger partial charge in [-0.15, -0.1) is 0 Å². The summed E-state index contributed by atoms with van der Waals surface area (Å²) in [6, 6.07) is 12.6. The number of rotatable bonds is 11. The molecule has 0 spiro atoms. The quantitative estimate of drug-likeness (QED) is 0.424. The molecule has 1 N–H and O–H groups in total. The minimum Gasteiger partial charge on any atom is -0.492 e. The van der Waals surface area contributed by atoms with Crippen LogP contribution in [0.3, 0.4) is 0 Å².